The molecule has 2 N–H and O–H groups in total. The molecule has 0 saturated carbocycles. The minimum atomic E-state index is -0.639. The molecule has 3 aromatic heterocycles. The van der Waals surface area contributed by atoms with Crippen molar-refractivity contribution in [3.05, 3.63) is 75.8 Å². The summed E-state index contributed by atoms with van der Waals surface area (Å²) in [5.74, 6) is 0.349. The number of fused-ring (bicyclic) bond motifs is 1. The van der Waals surface area contributed by atoms with Gasteiger partial charge in [-0.25, -0.2) is 19.7 Å². The van der Waals surface area contributed by atoms with E-state index in [4.69, 9.17) is 10.00 Å². The van der Waals surface area contributed by atoms with Crippen molar-refractivity contribution < 1.29 is 14.3 Å². The van der Waals surface area contributed by atoms with Crippen LogP contribution in [0.2, 0.25) is 0 Å². The molecule has 0 aliphatic heterocycles. The topological polar surface area (TPSA) is 137 Å². The van der Waals surface area contributed by atoms with Crippen LogP contribution >= 0.6 is 11.3 Å². The first-order valence-corrected chi connectivity index (χ1v) is 12.6. The van der Waals surface area contributed by atoms with E-state index >= 15 is 0 Å². The first-order valence-electron chi connectivity index (χ1n) is 11.7. The highest BCUT2D eigenvalue weighted by atomic mass is 32.1. The van der Waals surface area contributed by atoms with Gasteiger partial charge in [-0.05, 0) is 44.5 Å². The monoisotopic (exact) mass is 517 g/mol. The van der Waals surface area contributed by atoms with Crippen LogP contribution in [-0.4, -0.2) is 49.0 Å². The molecule has 0 atom stereocenters. The normalized spacial score (nSPS) is 11.2. The van der Waals surface area contributed by atoms with Crippen LogP contribution in [0.15, 0.2) is 48.0 Å². The number of H-pyrrole nitrogens is 1. The van der Waals surface area contributed by atoms with Crippen molar-refractivity contribution in [3.63, 3.8) is 0 Å². The van der Waals surface area contributed by atoms with Crippen molar-refractivity contribution in [3.8, 4) is 6.07 Å². The van der Waals surface area contributed by atoms with Gasteiger partial charge in [-0.2, -0.15) is 5.26 Å². The molecule has 0 radical (unpaired) electrons. The molecule has 37 heavy (non-hydrogen) atoms. The number of rotatable bonds is 8. The number of carbonyl (C=O) groups is 2. The highest BCUT2D eigenvalue weighted by molar-refractivity contribution is 7.09. The van der Waals surface area contributed by atoms with Crippen molar-refractivity contribution in [2.24, 2.45) is 0 Å². The van der Waals surface area contributed by atoms with Crippen molar-refractivity contribution in [2.75, 3.05) is 6.54 Å². The summed E-state index contributed by atoms with van der Waals surface area (Å²) in [6.45, 7) is 6.34. The molecule has 10 nitrogen and oxygen atoms in total. The Morgan fingerprint density at radius 2 is 2.00 bits per heavy atom. The Morgan fingerprint density at radius 3 is 2.70 bits per heavy atom. The van der Waals surface area contributed by atoms with Gasteiger partial charge in [0.15, 0.2) is 0 Å². The number of nitriles is 1. The van der Waals surface area contributed by atoms with E-state index in [0.29, 0.717) is 30.2 Å². The molecule has 0 fully saturated rings. The summed E-state index contributed by atoms with van der Waals surface area (Å²) >= 11 is 1.36. The van der Waals surface area contributed by atoms with Gasteiger partial charge >= 0.3 is 6.09 Å². The second-order valence-corrected chi connectivity index (χ2v) is 10.3. The third-order valence-electron chi connectivity index (χ3n) is 5.20. The highest BCUT2D eigenvalue weighted by Crippen LogP contribution is 2.17. The molecular formula is C26H27N7O3S. The second-order valence-electron chi connectivity index (χ2n) is 9.33. The summed E-state index contributed by atoms with van der Waals surface area (Å²) < 4.78 is 5.61. The Balaban J connectivity index is 1.38. The minimum absolute atomic E-state index is 0.251. The van der Waals surface area contributed by atoms with Crippen molar-refractivity contribution in [1.82, 2.24) is 30.2 Å². The third kappa shape index (κ3) is 7.11. The summed E-state index contributed by atoms with van der Waals surface area (Å²) in [7, 11) is 0. The lowest BCUT2D eigenvalue weighted by Gasteiger charge is -2.26. The number of thiazole rings is 1. The highest BCUT2D eigenvalue weighted by Gasteiger charge is 2.24. The van der Waals surface area contributed by atoms with Crippen molar-refractivity contribution in [2.45, 2.75) is 45.9 Å². The number of imidazole rings is 1. The number of ether oxygens (including phenoxy) is 1. The van der Waals surface area contributed by atoms with Gasteiger partial charge in [-0.3, -0.25) is 4.79 Å². The largest absolute Gasteiger partial charge is 0.444 e. The number of nitrogens with one attached hydrogen (secondary N) is 2. The van der Waals surface area contributed by atoms with Gasteiger partial charge in [0.1, 0.15) is 28.9 Å². The first kappa shape index (κ1) is 25.8. The van der Waals surface area contributed by atoms with Crippen molar-refractivity contribution >= 4 is 34.4 Å². The van der Waals surface area contributed by atoms with Gasteiger partial charge in [0.25, 0.3) is 5.91 Å². The molecule has 0 aliphatic rings. The van der Waals surface area contributed by atoms with E-state index in [-0.39, 0.29) is 19.0 Å². The van der Waals surface area contributed by atoms with E-state index < -0.39 is 11.7 Å². The number of benzene rings is 1. The summed E-state index contributed by atoms with van der Waals surface area (Å²) in [6, 6.07) is 13.0. The number of hydrogen-bond donors (Lipinski definition) is 2. The zero-order chi connectivity index (χ0) is 26.4. The molecule has 0 bridgehead atoms. The quantitative estimate of drug-likeness (QED) is 0.357. The van der Waals surface area contributed by atoms with Gasteiger partial charge in [0.2, 0.25) is 0 Å². The molecule has 3 heterocycles. The molecule has 11 heteroatoms. The van der Waals surface area contributed by atoms with E-state index in [0.717, 1.165) is 21.6 Å². The van der Waals surface area contributed by atoms with Crippen molar-refractivity contribution in [1.29, 1.82) is 5.26 Å². The molecule has 0 spiro atoms. The Labute approximate surface area is 218 Å². The molecule has 4 aromatic rings. The van der Waals surface area contributed by atoms with Gasteiger partial charge < -0.3 is 19.9 Å². The van der Waals surface area contributed by atoms with Crippen LogP contribution in [0.4, 0.5) is 4.79 Å². The Kier molecular flexibility index (Phi) is 7.79. The van der Waals surface area contributed by atoms with Crippen LogP contribution in [0.5, 0.6) is 0 Å². The number of aromatic nitrogens is 4. The zero-order valence-corrected chi connectivity index (χ0v) is 21.6. The molecule has 1 aromatic carbocycles. The predicted molar refractivity (Wildman–Crippen MR) is 139 cm³/mol. The van der Waals surface area contributed by atoms with Crippen LogP contribution in [0.3, 0.4) is 0 Å². The Bertz CT molecular complexity index is 1400. The van der Waals surface area contributed by atoms with Gasteiger partial charge in [-0.1, -0.05) is 18.2 Å². The SMILES string of the molecule is CC(C)(C)OC(=O)N(CCc1nc(C(=O)NCc2ccc(C#N)nc2)cs1)Cc1nc2ccccc2[nH]1. The van der Waals surface area contributed by atoms with Crippen LogP contribution in [0.25, 0.3) is 11.0 Å². The number of carbonyl (C=O) groups excluding carboxylic acids is 2. The van der Waals surface area contributed by atoms with Gasteiger partial charge in [-0.15, -0.1) is 11.3 Å². The smallest absolute Gasteiger partial charge is 0.410 e. The number of hydrogen-bond acceptors (Lipinski definition) is 8. The first-order chi connectivity index (χ1) is 17.7. The maximum atomic E-state index is 12.9. The number of aromatic amines is 1. The summed E-state index contributed by atoms with van der Waals surface area (Å²) in [5.41, 5.74) is 2.49. The molecule has 4 rings (SSSR count). The fraction of sp³-hybridized carbons (Fsp3) is 0.308. The zero-order valence-electron chi connectivity index (χ0n) is 20.8. The lowest BCUT2D eigenvalue weighted by molar-refractivity contribution is 0.0231. The molecular weight excluding hydrogens is 490 g/mol. The number of nitrogens with zero attached hydrogens (tertiary/aromatic N) is 5. The summed E-state index contributed by atoms with van der Waals surface area (Å²) in [6.07, 6.45) is 1.56. The molecule has 0 aliphatic carbocycles. The number of amides is 2. The molecule has 0 saturated heterocycles. The fourth-order valence-corrected chi connectivity index (χ4v) is 4.22. The Morgan fingerprint density at radius 1 is 1.19 bits per heavy atom. The number of para-hydroxylation sites is 2. The number of pyridine rings is 1. The van der Waals surface area contributed by atoms with Crippen LogP contribution in [0, 0.1) is 11.3 Å². The van der Waals surface area contributed by atoms with E-state index in [2.05, 4.69) is 25.3 Å². The summed E-state index contributed by atoms with van der Waals surface area (Å²) in [4.78, 5) is 43.3. The maximum absolute atomic E-state index is 12.9. The van der Waals surface area contributed by atoms with Gasteiger partial charge in [0.05, 0.1) is 22.6 Å². The fourth-order valence-electron chi connectivity index (χ4n) is 3.45. The van der Waals surface area contributed by atoms with E-state index in [1.807, 2.05) is 51.1 Å². The molecule has 2 amide bonds. The van der Waals surface area contributed by atoms with E-state index in [1.165, 1.54) is 11.3 Å². The molecule has 190 valence electrons. The lowest BCUT2D eigenvalue weighted by atomic mass is 10.2. The average molecular weight is 518 g/mol. The van der Waals surface area contributed by atoms with Gasteiger partial charge in [0, 0.05) is 31.1 Å². The second kappa shape index (κ2) is 11.2. The summed E-state index contributed by atoms with van der Waals surface area (Å²) in [5, 5.41) is 14.1. The van der Waals surface area contributed by atoms with Crippen LogP contribution in [-0.2, 0) is 24.2 Å². The average Bonchev–Trinajstić information content (AvgIpc) is 3.51. The molecule has 0 unspecified atom stereocenters. The van der Waals surface area contributed by atoms with E-state index in [1.54, 1.807) is 28.6 Å². The van der Waals surface area contributed by atoms with Crippen LogP contribution < -0.4 is 5.32 Å². The lowest BCUT2D eigenvalue weighted by Crippen LogP contribution is -2.37. The Hall–Kier alpha value is -4.30. The van der Waals surface area contributed by atoms with Crippen LogP contribution in [0.1, 0.15) is 53.3 Å². The standard InChI is InChI=1S/C26H27N7O3S/c1-26(2,3)36-25(35)33(15-22-30-19-6-4-5-7-20(19)31-22)11-10-23-32-21(16-37-23)24(34)29-14-17-8-9-18(12-27)28-13-17/h4-9,13,16H,10-11,14-15H2,1-3H3,(H,29,34)(H,30,31). The minimum Gasteiger partial charge on any atom is -0.444 e. The van der Waals surface area contributed by atoms with E-state index in [9.17, 15) is 9.59 Å². The maximum Gasteiger partial charge on any atom is 0.410 e. The predicted octanol–water partition coefficient (Wildman–Crippen LogP) is 4.20. The third-order valence-corrected chi connectivity index (χ3v) is 6.11.